The second-order valence-corrected chi connectivity index (χ2v) is 5.49. The molecule has 0 unspecified atom stereocenters. The molecule has 2 aliphatic rings. The highest BCUT2D eigenvalue weighted by Crippen LogP contribution is 2.22. The van der Waals surface area contributed by atoms with Gasteiger partial charge < -0.3 is 10.6 Å². The highest BCUT2D eigenvalue weighted by molar-refractivity contribution is 6.21. The van der Waals surface area contributed by atoms with Gasteiger partial charge in [-0.1, -0.05) is 12.1 Å². The normalized spacial score (nSPS) is 17.7. The van der Waals surface area contributed by atoms with E-state index in [0.717, 1.165) is 12.5 Å². The van der Waals surface area contributed by atoms with Crippen molar-refractivity contribution in [3.8, 4) is 0 Å². The van der Waals surface area contributed by atoms with E-state index in [1.165, 1.54) is 17.7 Å². The van der Waals surface area contributed by atoms with Gasteiger partial charge in [0, 0.05) is 19.1 Å². The largest absolute Gasteiger partial charge is 0.357 e. The molecule has 1 saturated carbocycles. The third-order valence-electron chi connectivity index (χ3n) is 3.73. The minimum absolute atomic E-state index is 0.226. The minimum Gasteiger partial charge on any atom is -0.357 e. The van der Waals surface area contributed by atoms with Crippen LogP contribution < -0.4 is 10.6 Å². The van der Waals surface area contributed by atoms with Crippen molar-refractivity contribution in [2.45, 2.75) is 25.8 Å². The first-order chi connectivity index (χ1) is 10.7. The molecule has 1 aliphatic heterocycles. The first kappa shape index (κ1) is 14.6. The number of carbonyl (C=O) groups is 2. The van der Waals surface area contributed by atoms with Gasteiger partial charge in [0.25, 0.3) is 11.8 Å². The lowest BCUT2D eigenvalue weighted by Crippen LogP contribution is -2.39. The molecule has 0 atom stereocenters. The number of carbonyl (C=O) groups excluding carboxylic acids is 2. The van der Waals surface area contributed by atoms with E-state index in [1.54, 1.807) is 24.3 Å². The first-order valence-corrected chi connectivity index (χ1v) is 7.70. The zero-order chi connectivity index (χ0) is 15.5. The summed E-state index contributed by atoms with van der Waals surface area (Å²) < 4.78 is 0. The van der Waals surface area contributed by atoms with E-state index in [4.69, 9.17) is 0 Å². The Balaban J connectivity index is 1.62. The SMILES string of the molecule is CCNC(=NCCN1C(=O)c2ccccc2C1=O)NC1CC1. The Morgan fingerprint density at radius 1 is 1.23 bits per heavy atom. The second kappa shape index (κ2) is 6.17. The zero-order valence-electron chi connectivity index (χ0n) is 12.6. The summed E-state index contributed by atoms with van der Waals surface area (Å²) in [6.45, 7) is 3.49. The van der Waals surface area contributed by atoms with Crippen LogP contribution in [0.1, 0.15) is 40.5 Å². The van der Waals surface area contributed by atoms with Gasteiger partial charge in [0.2, 0.25) is 0 Å². The lowest BCUT2D eigenvalue weighted by atomic mass is 10.1. The Labute approximate surface area is 129 Å². The average Bonchev–Trinajstić information content (AvgIpc) is 3.30. The van der Waals surface area contributed by atoms with Gasteiger partial charge in [0.05, 0.1) is 17.7 Å². The maximum absolute atomic E-state index is 12.2. The summed E-state index contributed by atoms with van der Waals surface area (Å²) >= 11 is 0. The van der Waals surface area contributed by atoms with E-state index in [-0.39, 0.29) is 11.8 Å². The molecule has 1 aliphatic carbocycles. The van der Waals surface area contributed by atoms with Gasteiger partial charge in [-0.2, -0.15) is 0 Å². The molecule has 1 heterocycles. The van der Waals surface area contributed by atoms with Crippen LogP contribution in [0.5, 0.6) is 0 Å². The highest BCUT2D eigenvalue weighted by atomic mass is 16.2. The molecule has 6 heteroatoms. The van der Waals surface area contributed by atoms with E-state index >= 15 is 0 Å². The maximum Gasteiger partial charge on any atom is 0.261 e. The number of rotatable bonds is 5. The van der Waals surface area contributed by atoms with Crippen LogP contribution >= 0.6 is 0 Å². The fraction of sp³-hybridized carbons (Fsp3) is 0.438. The summed E-state index contributed by atoms with van der Waals surface area (Å²) in [6, 6.07) is 7.44. The number of nitrogens with zero attached hydrogens (tertiary/aromatic N) is 2. The van der Waals surface area contributed by atoms with Crippen molar-refractivity contribution in [2.75, 3.05) is 19.6 Å². The van der Waals surface area contributed by atoms with E-state index in [1.807, 2.05) is 6.92 Å². The lowest BCUT2D eigenvalue weighted by molar-refractivity contribution is 0.0659. The number of guanidine groups is 1. The molecule has 1 aromatic rings. The van der Waals surface area contributed by atoms with Crippen LogP contribution in [-0.4, -0.2) is 48.3 Å². The molecule has 0 aromatic heterocycles. The summed E-state index contributed by atoms with van der Waals surface area (Å²) in [6.07, 6.45) is 2.34. The number of hydrogen-bond donors (Lipinski definition) is 2. The van der Waals surface area contributed by atoms with Crippen molar-refractivity contribution in [3.05, 3.63) is 35.4 Å². The maximum atomic E-state index is 12.2. The van der Waals surface area contributed by atoms with Crippen molar-refractivity contribution in [1.82, 2.24) is 15.5 Å². The van der Waals surface area contributed by atoms with Crippen molar-refractivity contribution in [3.63, 3.8) is 0 Å². The molecule has 6 nitrogen and oxygen atoms in total. The summed E-state index contributed by atoms with van der Waals surface area (Å²) in [5.41, 5.74) is 0.971. The van der Waals surface area contributed by atoms with Crippen LogP contribution in [0.25, 0.3) is 0 Å². The highest BCUT2D eigenvalue weighted by Gasteiger charge is 2.34. The predicted molar refractivity (Wildman–Crippen MR) is 83.9 cm³/mol. The van der Waals surface area contributed by atoms with Gasteiger partial charge >= 0.3 is 0 Å². The van der Waals surface area contributed by atoms with Crippen LogP contribution in [0.15, 0.2) is 29.3 Å². The molecule has 116 valence electrons. The number of imide groups is 1. The summed E-state index contributed by atoms with van der Waals surface area (Å²) in [7, 11) is 0. The van der Waals surface area contributed by atoms with E-state index in [9.17, 15) is 9.59 Å². The molecule has 22 heavy (non-hydrogen) atoms. The molecule has 2 N–H and O–H groups in total. The van der Waals surface area contributed by atoms with Crippen LogP contribution in [0, 0.1) is 0 Å². The van der Waals surface area contributed by atoms with Crippen molar-refractivity contribution >= 4 is 17.8 Å². The number of nitrogens with one attached hydrogen (secondary N) is 2. The van der Waals surface area contributed by atoms with Gasteiger partial charge in [-0.25, -0.2) is 0 Å². The Kier molecular flexibility index (Phi) is 4.09. The standard InChI is InChI=1S/C16H20N4O2/c1-2-17-16(19-11-7-8-11)18-9-10-20-14(21)12-5-3-4-6-13(12)15(20)22/h3-6,11H,2,7-10H2,1H3,(H2,17,18,19). The van der Waals surface area contributed by atoms with Crippen molar-refractivity contribution < 1.29 is 9.59 Å². The fourth-order valence-corrected chi connectivity index (χ4v) is 2.45. The predicted octanol–water partition coefficient (Wildman–Crippen LogP) is 1.00. The Morgan fingerprint density at radius 2 is 1.86 bits per heavy atom. The monoisotopic (exact) mass is 300 g/mol. The smallest absolute Gasteiger partial charge is 0.261 e. The lowest BCUT2D eigenvalue weighted by Gasteiger charge is -2.14. The van der Waals surface area contributed by atoms with Gasteiger partial charge in [-0.05, 0) is 31.9 Å². The Morgan fingerprint density at radius 3 is 2.41 bits per heavy atom. The molecular formula is C16H20N4O2. The minimum atomic E-state index is -0.226. The number of aliphatic imine (C=N–C) groups is 1. The Hall–Kier alpha value is -2.37. The fourth-order valence-electron chi connectivity index (χ4n) is 2.45. The number of benzene rings is 1. The molecule has 0 radical (unpaired) electrons. The molecule has 3 rings (SSSR count). The van der Waals surface area contributed by atoms with Gasteiger partial charge in [0.15, 0.2) is 5.96 Å². The van der Waals surface area contributed by atoms with Gasteiger partial charge in [-0.3, -0.25) is 19.5 Å². The molecule has 2 amide bonds. The second-order valence-electron chi connectivity index (χ2n) is 5.49. The van der Waals surface area contributed by atoms with Crippen LogP contribution in [0.3, 0.4) is 0 Å². The van der Waals surface area contributed by atoms with Crippen LogP contribution in [0.4, 0.5) is 0 Å². The summed E-state index contributed by atoms with van der Waals surface area (Å²) in [5, 5.41) is 6.48. The Bertz CT molecular complexity index is 587. The van der Waals surface area contributed by atoms with Crippen molar-refractivity contribution in [1.29, 1.82) is 0 Å². The number of hydrogen-bond acceptors (Lipinski definition) is 3. The third kappa shape index (κ3) is 2.95. The number of amides is 2. The van der Waals surface area contributed by atoms with Crippen molar-refractivity contribution in [2.24, 2.45) is 4.99 Å². The average molecular weight is 300 g/mol. The molecule has 0 spiro atoms. The molecule has 0 bridgehead atoms. The summed E-state index contributed by atoms with van der Waals surface area (Å²) in [4.78, 5) is 30.2. The molecular weight excluding hydrogens is 280 g/mol. The molecule has 0 saturated heterocycles. The van der Waals surface area contributed by atoms with Crippen LogP contribution in [0.2, 0.25) is 0 Å². The first-order valence-electron chi connectivity index (χ1n) is 7.70. The van der Waals surface area contributed by atoms with Gasteiger partial charge in [-0.15, -0.1) is 0 Å². The van der Waals surface area contributed by atoms with E-state index in [2.05, 4.69) is 15.6 Å². The number of fused-ring (bicyclic) bond motifs is 1. The molecule has 1 aromatic carbocycles. The topological polar surface area (TPSA) is 73.8 Å². The van der Waals surface area contributed by atoms with E-state index < -0.39 is 0 Å². The van der Waals surface area contributed by atoms with E-state index in [0.29, 0.717) is 30.3 Å². The third-order valence-corrected chi connectivity index (χ3v) is 3.73. The zero-order valence-corrected chi connectivity index (χ0v) is 12.6. The summed E-state index contributed by atoms with van der Waals surface area (Å²) in [5.74, 6) is 0.300. The van der Waals surface area contributed by atoms with Crippen LogP contribution in [-0.2, 0) is 0 Å². The molecule has 1 fully saturated rings. The quantitative estimate of drug-likeness (QED) is 0.483. The van der Waals surface area contributed by atoms with Gasteiger partial charge in [0.1, 0.15) is 0 Å².